The Morgan fingerprint density at radius 3 is 2.58 bits per heavy atom. The molecular formula is C21H28FN3O. The highest BCUT2D eigenvalue weighted by Crippen LogP contribution is 2.58. The van der Waals surface area contributed by atoms with E-state index in [0.29, 0.717) is 11.3 Å². The van der Waals surface area contributed by atoms with Crippen LogP contribution in [0.2, 0.25) is 0 Å². The van der Waals surface area contributed by atoms with Gasteiger partial charge < -0.3 is 5.32 Å². The van der Waals surface area contributed by atoms with Gasteiger partial charge in [0.1, 0.15) is 5.82 Å². The summed E-state index contributed by atoms with van der Waals surface area (Å²) in [6.45, 7) is 10.4. The van der Waals surface area contributed by atoms with Gasteiger partial charge in [-0.3, -0.25) is 4.79 Å². The summed E-state index contributed by atoms with van der Waals surface area (Å²) in [7, 11) is 3.23. The van der Waals surface area contributed by atoms with Crippen LogP contribution in [-0.2, 0) is 4.79 Å². The molecule has 0 spiro atoms. The van der Waals surface area contributed by atoms with Crippen LogP contribution in [0.25, 0.3) is 5.70 Å². The minimum atomic E-state index is -0.479. The Bertz CT molecular complexity index is 766. The van der Waals surface area contributed by atoms with Crippen LogP contribution >= 0.6 is 0 Å². The highest BCUT2D eigenvalue weighted by molar-refractivity contribution is 5.83. The molecule has 5 heteroatoms. The average molecular weight is 357 g/mol. The second-order valence-electron chi connectivity index (χ2n) is 7.61. The molecule has 1 aliphatic rings. The van der Waals surface area contributed by atoms with Crippen LogP contribution in [0.3, 0.4) is 0 Å². The lowest BCUT2D eigenvalue weighted by Gasteiger charge is -2.40. The Hall–Kier alpha value is -2.30. The van der Waals surface area contributed by atoms with Gasteiger partial charge >= 0.3 is 0 Å². The molecule has 1 fully saturated rings. The standard InChI is InChI=1S/C21H28FN3O/c1-14(13-18(25-24-6)15-9-7-8-10-17(15)22)16-11-12-21(4,19(26)23-5)20(16,2)3/h7-10,13,16H,1,11-12H2,2-6H3,(H,23,26)/b18-13-,25-24-/t16-,21-/m0/s1. The number of allylic oxidation sites excluding steroid dienone is 2. The van der Waals surface area contributed by atoms with E-state index in [1.165, 1.54) is 6.07 Å². The Labute approximate surface area is 155 Å². The first kappa shape index (κ1) is 20.0. The third kappa shape index (κ3) is 3.35. The topological polar surface area (TPSA) is 53.8 Å². The van der Waals surface area contributed by atoms with Crippen molar-refractivity contribution in [2.45, 2.75) is 33.6 Å². The minimum Gasteiger partial charge on any atom is -0.359 e. The van der Waals surface area contributed by atoms with E-state index in [-0.39, 0.29) is 23.1 Å². The predicted octanol–water partition coefficient (Wildman–Crippen LogP) is 4.99. The zero-order chi connectivity index (χ0) is 19.5. The number of halogens is 1. The molecule has 0 aromatic heterocycles. The number of carbonyl (C=O) groups excluding carboxylic acids is 1. The Morgan fingerprint density at radius 1 is 1.35 bits per heavy atom. The first-order chi connectivity index (χ1) is 12.2. The normalized spacial score (nSPS) is 25.5. The highest BCUT2D eigenvalue weighted by atomic mass is 19.1. The third-order valence-corrected chi connectivity index (χ3v) is 6.08. The molecule has 1 N–H and O–H groups in total. The molecule has 0 bridgehead atoms. The van der Waals surface area contributed by atoms with E-state index in [1.54, 1.807) is 38.4 Å². The molecule has 4 nitrogen and oxygen atoms in total. The molecule has 0 unspecified atom stereocenters. The summed E-state index contributed by atoms with van der Waals surface area (Å²) in [5.74, 6) is -0.206. The molecular weight excluding hydrogens is 329 g/mol. The van der Waals surface area contributed by atoms with Crippen molar-refractivity contribution in [3.05, 3.63) is 53.9 Å². The van der Waals surface area contributed by atoms with Gasteiger partial charge in [-0.2, -0.15) is 10.2 Å². The fourth-order valence-corrected chi connectivity index (χ4v) is 4.04. The summed E-state index contributed by atoms with van der Waals surface area (Å²) in [5, 5.41) is 10.7. The largest absolute Gasteiger partial charge is 0.359 e. The molecule has 1 aromatic carbocycles. The van der Waals surface area contributed by atoms with E-state index in [2.05, 4.69) is 36.0 Å². The number of hydrogen-bond acceptors (Lipinski definition) is 3. The molecule has 0 radical (unpaired) electrons. The van der Waals surface area contributed by atoms with Crippen molar-refractivity contribution < 1.29 is 9.18 Å². The van der Waals surface area contributed by atoms with Crippen LogP contribution in [0.5, 0.6) is 0 Å². The highest BCUT2D eigenvalue weighted by Gasteiger charge is 2.55. The first-order valence-electron chi connectivity index (χ1n) is 8.86. The van der Waals surface area contributed by atoms with Crippen molar-refractivity contribution in [3.8, 4) is 0 Å². The maximum Gasteiger partial charge on any atom is 0.226 e. The quantitative estimate of drug-likeness (QED) is 0.585. The van der Waals surface area contributed by atoms with Crippen LogP contribution in [0, 0.1) is 22.6 Å². The smallest absolute Gasteiger partial charge is 0.226 e. The SMILES string of the molecule is C=C(/C=C(\N=N/C)c1ccccc1F)[C@@H]1CC[C@@](C)(C(=O)NC)C1(C)C. The third-order valence-electron chi connectivity index (χ3n) is 6.08. The van der Waals surface area contributed by atoms with Crippen molar-refractivity contribution in [1.82, 2.24) is 5.32 Å². The summed E-state index contributed by atoms with van der Waals surface area (Å²) < 4.78 is 14.2. The molecule has 1 aromatic rings. The van der Waals surface area contributed by atoms with Gasteiger partial charge in [0, 0.05) is 19.7 Å². The maximum absolute atomic E-state index is 14.2. The van der Waals surface area contributed by atoms with Gasteiger partial charge in [-0.05, 0) is 48.0 Å². The molecule has 140 valence electrons. The number of rotatable bonds is 5. The Morgan fingerprint density at radius 2 is 2.00 bits per heavy atom. The van der Waals surface area contributed by atoms with E-state index in [9.17, 15) is 9.18 Å². The Balaban J connectivity index is 2.40. The van der Waals surface area contributed by atoms with Crippen LogP contribution in [0.1, 0.15) is 39.2 Å². The number of nitrogens with one attached hydrogen (secondary N) is 1. The van der Waals surface area contributed by atoms with Crippen LogP contribution in [-0.4, -0.2) is 20.0 Å². The fourth-order valence-electron chi connectivity index (χ4n) is 4.04. The summed E-state index contributed by atoms with van der Waals surface area (Å²) in [6, 6.07) is 6.49. The number of hydrogen-bond donors (Lipinski definition) is 1. The second-order valence-corrected chi connectivity index (χ2v) is 7.61. The summed E-state index contributed by atoms with van der Waals surface area (Å²) in [4.78, 5) is 12.5. The van der Waals surface area contributed by atoms with Crippen LogP contribution in [0.15, 0.2) is 52.7 Å². The lowest BCUT2D eigenvalue weighted by Crippen LogP contribution is -2.46. The molecule has 2 atom stereocenters. The van der Waals surface area contributed by atoms with E-state index >= 15 is 0 Å². The predicted molar refractivity (Wildman–Crippen MR) is 103 cm³/mol. The maximum atomic E-state index is 14.2. The lowest BCUT2D eigenvalue weighted by molar-refractivity contribution is -0.135. The molecule has 0 heterocycles. The number of amides is 1. The monoisotopic (exact) mass is 357 g/mol. The average Bonchev–Trinajstić information content (AvgIpc) is 2.85. The summed E-state index contributed by atoms with van der Waals surface area (Å²) in [6.07, 6.45) is 3.43. The molecule has 26 heavy (non-hydrogen) atoms. The number of azo groups is 1. The zero-order valence-corrected chi connectivity index (χ0v) is 16.3. The van der Waals surface area contributed by atoms with Crippen molar-refractivity contribution in [2.24, 2.45) is 27.0 Å². The van der Waals surface area contributed by atoms with Crippen LogP contribution < -0.4 is 5.32 Å². The van der Waals surface area contributed by atoms with Gasteiger partial charge in [0.2, 0.25) is 5.91 Å². The molecule has 1 amide bonds. The number of benzene rings is 1. The van der Waals surface area contributed by atoms with E-state index in [0.717, 1.165) is 18.4 Å². The number of carbonyl (C=O) groups is 1. The van der Waals surface area contributed by atoms with Crippen LogP contribution in [0.4, 0.5) is 4.39 Å². The molecule has 0 aliphatic heterocycles. The van der Waals surface area contributed by atoms with Gasteiger partial charge in [0.15, 0.2) is 0 Å². The number of nitrogens with zero attached hydrogens (tertiary/aromatic N) is 2. The lowest BCUT2D eigenvalue weighted by atomic mass is 9.63. The van der Waals surface area contributed by atoms with Gasteiger partial charge in [0.25, 0.3) is 0 Å². The van der Waals surface area contributed by atoms with E-state index in [4.69, 9.17) is 0 Å². The minimum absolute atomic E-state index is 0.0457. The van der Waals surface area contributed by atoms with Gasteiger partial charge in [-0.25, -0.2) is 4.39 Å². The van der Waals surface area contributed by atoms with Gasteiger partial charge in [0.05, 0.1) is 11.1 Å². The van der Waals surface area contributed by atoms with E-state index in [1.807, 2.05) is 6.92 Å². The molecule has 1 saturated carbocycles. The zero-order valence-electron chi connectivity index (χ0n) is 16.3. The van der Waals surface area contributed by atoms with Gasteiger partial charge in [-0.15, -0.1) is 0 Å². The van der Waals surface area contributed by atoms with Crippen molar-refractivity contribution in [1.29, 1.82) is 0 Å². The molecule has 1 aliphatic carbocycles. The van der Waals surface area contributed by atoms with Crippen molar-refractivity contribution >= 4 is 11.6 Å². The van der Waals surface area contributed by atoms with Crippen molar-refractivity contribution in [2.75, 3.05) is 14.1 Å². The summed E-state index contributed by atoms with van der Waals surface area (Å²) in [5.41, 5.74) is 0.912. The van der Waals surface area contributed by atoms with Crippen molar-refractivity contribution in [3.63, 3.8) is 0 Å². The first-order valence-corrected chi connectivity index (χ1v) is 8.86. The summed E-state index contributed by atoms with van der Waals surface area (Å²) >= 11 is 0. The molecule has 2 rings (SSSR count). The Kier molecular flexibility index (Phi) is 5.79. The van der Waals surface area contributed by atoms with E-state index < -0.39 is 5.41 Å². The molecule has 0 saturated heterocycles. The fraction of sp³-hybridized carbons (Fsp3) is 0.476. The van der Waals surface area contributed by atoms with Gasteiger partial charge in [-0.1, -0.05) is 39.5 Å². The second kappa shape index (κ2) is 7.52.